The van der Waals surface area contributed by atoms with Crippen molar-refractivity contribution in [3.05, 3.63) is 18.0 Å². The summed E-state index contributed by atoms with van der Waals surface area (Å²) in [6, 6.07) is 1.98. The van der Waals surface area contributed by atoms with Crippen molar-refractivity contribution in [2.75, 3.05) is 19.6 Å². The highest BCUT2D eigenvalue weighted by Gasteiger charge is 2.15. The van der Waals surface area contributed by atoms with Gasteiger partial charge >= 0.3 is 0 Å². The summed E-state index contributed by atoms with van der Waals surface area (Å²) in [7, 11) is 1.90. The lowest BCUT2D eigenvalue weighted by molar-refractivity contribution is -0.121. The third-order valence-electron chi connectivity index (χ3n) is 3.41. The van der Waals surface area contributed by atoms with Gasteiger partial charge in [-0.3, -0.25) is 9.48 Å². The maximum absolute atomic E-state index is 11.6. The number of rotatable bonds is 6. The third-order valence-corrected chi connectivity index (χ3v) is 3.41. The monoisotopic (exact) mass is 250 g/mol. The second kappa shape index (κ2) is 6.54. The molecule has 1 atom stereocenters. The molecular weight excluding hydrogens is 228 g/mol. The highest BCUT2D eigenvalue weighted by Crippen LogP contribution is 2.13. The molecule has 0 aromatic carbocycles. The Labute approximate surface area is 108 Å². The Morgan fingerprint density at radius 3 is 3.22 bits per heavy atom. The maximum atomic E-state index is 11.6. The number of amides is 1. The minimum absolute atomic E-state index is 0.165. The van der Waals surface area contributed by atoms with Crippen molar-refractivity contribution in [2.24, 2.45) is 13.0 Å². The van der Waals surface area contributed by atoms with E-state index in [-0.39, 0.29) is 5.91 Å². The van der Waals surface area contributed by atoms with Gasteiger partial charge in [-0.2, -0.15) is 5.10 Å². The van der Waals surface area contributed by atoms with Gasteiger partial charge in [0.15, 0.2) is 0 Å². The SMILES string of the molecule is Cn1ccc(CCNC(=O)CCC2CCNC2)n1. The van der Waals surface area contributed by atoms with Gasteiger partial charge in [0.25, 0.3) is 0 Å². The molecule has 0 spiro atoms. The summed E-state index contributed by atoms with van der Waals surface area (Å²) in [6.07, 6.45) is 5.58. The molecule has 0 radical (unpaired) electrons. The fraction of sp³-hybridized carbons (Fsp3) is 0.692. The van der Waals surface area contributed by atoms with Crippen LogP contribution in [0.5, 0.6) is 0 Å². The summed E-state index contributed by atoms with van der Waals surface area (Å²) in [5.74, 6) is 0.851. The second-order valence-corrected chi connectivity index (χ2v) is 4.98. The summed E-state index contributed by atoms with van der Waals surface area (Å²) in [6.45, 7) is 2.85. The second-order valence-electron chi connectivity index (χ2n) is 4.98. The van der Waals surface area contributed by atoms with E-state index in [1.54, 1.807) is 4.68 Å². The van der Waals surface area contributed by atoms with Crippen LogP contribution < -0.4 is 10.6 Å². The Morgan fingerprint density at radius 2 is 2.56 bits per heavy atom. The molecule has 1 aliphatic heterocycles. The molecule has 2 heterocycles. The van der Waals surface area contributed by atoms with Gasteiger partial charge in [-0.25, -0.2) is 0 Å². The number of hydrogen-bond donors (Lipinski definition) is 2. The lowest BCUT2D eigenvalue weighted by atomic mass is 10.0. The van der Waals surface area contributed by atoms with E-state index in [9.17, 15) is 4.79 Å². The van der Waals surface area contributed by atoms with Crippen molar-refractivity contribution < 1.29 is 4.79 Å². The van der Waals surface area contributed by atoms with Crippen molar-refractivity contribution >= 4 is 5.91 Å². The van der Waals surface area contributed by atoms with E-state index in [2.05, 4.69) is 15.7 Å². The highest BCUT2D eigenvalue weighted by molar-refractivity contribution is 5.75. The Bertz CT molecular complexity index is 382. The predicted molar refractivity (Wildman–Crippen MR) is 70.1 cm³/mol. The first kappa shape index (κ1) is 13.1. The van der Waals surface area contributed by atoms with Crippen molar-refractivity contribution in [3.8, 4) is 0 Å². The minimum atomic E-state index is 0.165. The first-order valence-corrected chi connectivity index (χ1v) is 6.70. The molecule has 2 rings (SSSR count). The van der Waals surface area contributed by atoms with E-state index in [1.165, 1.54) is 6.42 Å². The van der Waals surface area contributed by atoms with Crippen LogP contribution in [-0.4, -0.2) is 35.3 Å². The Balaban J connectivity index is 1.57. The van der Waals surface area contributed by atoms with Crippen LogP contribution in [0.25, 0.3) is 0 Å². The molecule has 100 valence electrons. The van der Waals surface area contributed by atoms with Crippen molar-refractivity contribution in [3.63, 3.8) is 0 Å². The third kappa shape index (κ3) is 4.14. The Hall–Kier alpha value is -1.36. The van der Waals surface area contributed by atoms with Gasteiger partial charge in [0.2, 0.25) is 5.91 Å². The Kier molecular flexibility index (Phi) is 4.75. The van der Waals surface area contributed by atoms with E-state index >= 15 is 0 Å². The smallest absolute Gasteiger partial charge is 0.220 e. The van der Waals surface area contributed by atoms with Gasteiger partial charge in [-0.05, 0) is 37.9 Å². The number of aryl methyl sites for hydroxylation is 1. The van der Waals surface area contributed by atoms with E-state index in [4.69, 9.17) is 0 Å². The van der Waals surface area contributed by atoms with Crippen LogP contribution in [0, 0.1) is 5.92 Å². The molecule has 1 unspecified atom stereocenters. The zero-order valence-corrected chi connectivity index (χ0v) is 11.0. The lowest BCUT2D eigenvalue weighted by Gasteiger charge is -2.08. The largest absolute Gasteiger partial charge is 0.356 e. The van der Waals surface area contributed by atoms with Gasteiger partial charge < -0.3 is 10.6 Å². The van der Waals surface area contributed by atoms with Gasteiger partial charge in [-0.15, -0.1) is 0 Å². The first-order valence-electron chi connectivity index (χ1n) is 6.70. The molecule has 2 N–H and O–H groups in total. The van der Waals surface area contributed by atoms with Crippen molar-refractivity contribution in [1.29, 1.82) is 0 Å². The van der Waals surface area contributed by atoms with Crippen LogP contribution >= 0.6 is 0 Å². The summed E-state index contributed by atoms with van der Waals surface area (Å²) < 4.78 is 1.78. The summed E-state index contributed by atoms with van der Waals surface area (Å²) in [5, 5.41) is 10.6. The molecule has 5 heteroatoms. The number of nitrogens with zero attached hydrogens (tertiary/aromatic N) is 2. The van der Waals surface area contributed by atoms with Crippen LogP contribution in [-0.2, 0) is 18.3 Å². The summed E-state index contributed by atoms with van der Waals surface area (Å²) in [5.41, 5.74) is 1.03. The standard InChI is InChI=1S/C13H22N4O/c1-17-9-6-12(16-17)5-8-15-13(18)3-2-11-4-7-14-10-11/h6,9,11,14H,2-5,7-8,10H2,1H3,(H,15,18). The molecule has 1 aliphatic rings. The zero-order valence-electron chi connectivity index (χ0n) is 11.0. The van der Waals surface area contributed by atoms with Gasteiger partial charge in [-0.1, -0.05) is 0 Å². The van der Waals surface area contributed by atoms with Gasteiger partial charge in [0.05, 0.1) is 5.69 Å². The molecule has 1 fully saturated rings. The van der Waals surface area contributed by atoms with Crippen LogP contribution in [0.1, 0.15) is 25.0 Å². The molecule has 1 saturated heterocycles. The first-order chi connectivity index (χ1) is 8.74. The number of nitrogens with one attached hydrogen (secondary N) is 2. The summed E-state index contributed by atoms with van der Waals surface area (Å²) in [4.78, 5) is 11.6. The van der Waals surface area contributed by atoms with Gasteiger partial charge in [0, 0.05) is 32.6 Å². The maximum Gasteiger partial charge on any atom is 0.220 e. The van der Waals surface area contributed by atoms with Crippen LogP contribution in [0.3, 0.4) is 0 Å². The highest BCUT2D eigenvalue weighted by atomic mass is 16.1. The fourth-order valence-electron chi connectivity index (χ4n) is 2.31. The molecule has 0 bridgehead atoms. The van der Waals surface area contributed by atoms with E-state index in [1.807, 2.05) is 19.3 Å². The molecule has 1 amide bonds. The lowest BCUT2D eigenvalue weighted by Crippen LogP contribution is -2.26. The summed E-state index contributed by atoms with van der Waals surface area (Å²) >= 11 is 0. The van der Waals surface area contributed by atoms with E-state index < -0.39 is 0 Å². The van der Waals surface area contributed by atoms with E-state index in [0.717, 1.165) is 31.6 Å². The Morgan fingerprint density at radius 1 is 1.67 bits per heavy atom. The number of carbonyl (C=O) groups is 1. The molecule has 0 saturated carbocycles. The normalized spacial score (nSPS) is 19.1. The number of aromatic nitrogens is 2. The zero-order chi connectivity index (χ0) is 12.8. The van der Waals surface area contributed by atoms with Crippen LogP contribution in [0.2, 0.25) is 0 Å². The quantitative estimate of drug-likeness (QED) is 0.771. The molecule has 18 heavy (non-hydrogen) atoms. The molecule has 0 aliphatic carbocycles. The van der Waals surface area contributed by atoms with Crippen LogP contribution in [0.4, 0.5) is 0 Å². The minimum Gasteiger partial charge on any atom is -0.356 e. The number of hydrogen-bond acceptors (Lipinski definition) is 3. The van der Waals surface area contributed by atoms with Crippen molar-refractivity contribution in [2.45, 2.75) is 25.7 Å². The molecule has 1 aromatic rings. The van der Waals surface area contributed by atoms with Crippen molar-refractivity contribution in [1.82, 2.24) is 20.4 Å². The van der Waals surface area contributed by atoms with Crippen LogP contribution in [0.15, 0.2) is 12.3 Å². The average Bonchev–Trinajstić information content (AvgIpc) is 2.98. The average molecular weight is 250 g/mol. The number of carbonyl (C=O) groups excluding carboxylic acids is 1. The van der Waals surface area contributed by atoms with Gasteiger partial charge in [0.1, 0.15) is 0 Å². The predicted octanol–water partition coefficient (Wildman–Crippen LogP) is 0.469. The molecular formula is C13H22N4O. The fourth-order valence-corrected chi connectivity index (χ4v) is 2.31. The molecule has 1 aromatic heterocycles. The topological polar surface area (TPSA) is 59.0 Å². The molecule has 5 nitrogen and oxygen atoms in total. The van der Waals surface area contributed by atoms with E-state index in [0.29, 0.717) is 18.9 Å².